The van der Waals surface area contributed by atoms with Gasteiger partial charge in [0.2, 0.25) is 10.0 Å². The summed E-state index contributed by atoms with van der Waals surface area (Å²) in [6, 6.07) is 8.22. The summed E-state index contributed by atoms with van der Waals surface area (Å²) in [5.74, 6) is -2.48. The van der Waals surface area contributed by atoms with E-state index in [1.54, 1.807) is 0 Å². The van der Waals surface area contributed by atoms with Crippen molar-refractivity contribution in [2.45, 2.75) is 17.7 Å². The highest BCUT2D eigenvalue weighted by molar-refractivity contribution is 7.89. The van der Waals surface area contributed by atoms with Crippen molar-refractivity contribution in [3.63, 3.8) is 0 Å². The first-order chi connectivity index (χ1) is 16.1. The summed E-state index contributed by atoms with van der Waals surface area (Å²) in [4.78, 5) is 53.1. The average Bonchev–Trinajstić information content (AvgIpc) is 3.12. The lowest BCUT2D eigenvalue weighted by Crippen LogP contribution is -2.35. The molecule has 12 nitrogen and oxygen atoms in total. The second-order valence-corrected chi connectivity index (χ2v) is 9.27. The molecule has 0 atom stereocenters. The minimum absolute atomic E-state index is 0.0664. The van der Waals surface area contributed by atoms with E-state index in [4.69, 9.17) is 15.1 Å². The number of hydrogen-bond acceptors (Lipinski definition) is 9. The Morgan fingerprint density at radius 3 is 2.06 bits per heavy atom. The van der Waals surface area contributed by atoms with Crippen molar-refractivity contribution in [3.8, 4) is 11.3 Å². The molecule has 1 aliphatic heterocycles. The molecule has 1 saturated heterocycles. The first-order valence-electron chi connectivity index (χ1n) is 10.2. The summed E-state index contributed by atoms with van der Waals surface area (Å²) in [7, 11) is -2.56. The van der Waals surface area contributed by atoms with Gasteiger partial charge in [-0.25, -0.2) is 13.2 Å². The van der Waals surface area contributed by atoms with Crippen LogP contribution in [0.25, 0.3) is 11.3 Å². The minimum atomic E-state index is -3.96. The number of sulfonamides is 1. The molecule has 0 unspecified atom stereocenters. The van der Waals surface area contributed by atoms with Crippen LogP contribution in [-0.4, -0.2) is 76.7 Å². The number of hydrogen-bond donors (Lipinski definition) is 2. The Morgan fingerprint density at radius 1 is 0.971 bits per heavy atom. The van der Waals surface area contributed by atoms with Crippen LogP contribution in [0.4, 0.5) is 0 Å². The van der Waals surface area contributed by atoms with Crippen LogP contribution in [0.2, 0.25) is 0 Å². The maximum absolute atomic E-state index is 12.7. The first-order valence-corrected chi connectivity index (χ1v) is 11.7. The van der Waals surface area contributed by atoms with E-state index in [2.05, 4.69) is 0 Å². The summed E-state index contributed by atoms with van der Waals surface area (Å²) < 4.78 is 27.6. The molecule has 182 valence electrons. The van der Waals surface area contributed by atoms with Crippen molar-refractivity contribution >= 4 is 27.8 Å². The Labute approximate surface area is 194 Å². The van der Waals surface area contributed by atoms with Crippen LogP contribution < -0.4 is 5.56 Å². The molecule has 34 heavy (non-hydrogen) atoms. The van der Waals surface area contributed by atoms with Crippen molar-refractivity contribution in [2.75, 3.05) is 26.3 Å². The Balaban J connectivity index is 1.86. The van der Waals surface area contributed by atoms with Crippen molar-refractivity contribution in [3.05, 3.63) is 52.3 Å². The van der Waals surface area contributed by atoms with E-state index < -0.39 is 46.6 Å². The summed E-state index contributed by atoms with van der Waals surface area (Å²) >= 11 is 0. The third-order valence-corrected chi connectivity index (χ3v) is 7.10. The third-order valence-electron chi connectivity index (χ3n) is 5.19. The number of carbonyl (C=O) groups is 3. The van der Waals surface area contributed by atoms with Gasteiger partial charge < -0.3 is 19.6 Å². The van der Waals surface area contributed by atoms with Crippen LogP contribution in [0.1, 0.15) is 23.2 Å². The van der Waals surface area contributed by atoms with Gasteiger partial charge >= 0.3 is 5.97 Å². The summed E-state index contributed by atoms with van der Waals surface area (Å²) in [5.41, 5.74) is -0.294. The van der Waals surface area contributed by atoms with Gasteiger partial charge in [0.1, 0.15) is 5.56 Å². The molecule has 3 rings (SSSR count). The van der Waals surface area contributed by atoms with Crippen LogP contribution in [0.5, 0.6) is 0 Å². The van der Waals surface area contributed by atoms with Crippen LogP contribution in [0.3, 0.4) is 0 Å². The topological polar surface area (TPSA) is 164 Å². The van der Waals surface area contributed by atoms with Crippen molar-refractivity contribution in [2.24, 2.45) is 7.05 Å². The van der Waals surface area contributed by atoms with E-state index in [-0.39, 0.29) is 36.4 Å². The molecule has 0 bridgehead atoms. The van der Waals surface area contributed by atoms with Crippen LogP contribution in [-0.2, 0) is 31.5 Å². The highest BCUT2D eigenvalue weighted by atomic mass is 32.2. The molecule has 1 aliphatic rings. The summed E-state index contributed by atoms with van der Waals surface area (Å²) in [6.07, 6.45) is -0.154. The molecule has 13 heteroatoms. The number of hydroxylamine groups is 2. The lowest BCUT2D eigenvalue weighted by atomic mass is 10.1. The summed E-state index contributed by atoms with van der Waals surface area (Å²) in [6.45, 7) is -1.17. The fourth-order valence-corrected chi connectivity index (χ4v) is 4.81. The summed E-state index contributed by atoms with van der Waals surface area (Å²) in [5, 5.41) is 18.6. The van der Waals surface area contributed by atoms with Gasteiger partial charge in [0, 0.05) is 33.0 Å². The molecule has 2 aromatic rings. The van der Waals surface area contributed by atoms with E-state index >= 15 is 0 Å². The first kappa shape index (κ1) is 25.2. The molecular weight excluding hydrogens is 470 g/mol. The van der Waals surface area contributed by atoms with E-state index in [1.807, 2.05) is 0 Å². The standard InChI is InChI=1S/C21H23N3O9S/c1-22-17(7-6-16(20(22)29)21(30)33-24-18(27)8-9-19(24)28)14-2-4-15(5-3-14)34(31,32)23(10-12-25)11-13-26/h2-7,25-26H,8-13H2,1H3. The monoisotopic (exact) mass is 493 g/mol. The lowest BCUT2D eigenvalue weighted by molar-refractivity contribution is -0.172. The number of aliphatic hydroxyl groups is 2. The zero-order valence-electron chi connectivity index (χ0n) is 18.2. The van der Waals surface area contributed by atoms with E-state index in [0.29, 0.717) is 16.3 Å². The lowest BCUT2D eigenvalue weighted by Gasteiger charge is -2.20. The predicted molar refractivity (Wildman–Crippen MR) is 117 cm³/mol. The molecule has 0 radical (unpaired) electrons. The van der Waals surface area contributed by atoms with E-state index in [9.17, 15) is 27.6 Å². The van der Waals surface area contributed by atoms with Gasteiger partial charge in [-0.3, -0.25) is 14.4 Å². The maximum Gasteiger partial charge on any atom is 0.369 e. The van der Waals surface area contributed by atoms with Crippen LogP contribution in [0, 0.1) is 0 Å². The molecular formula is C21H23N3O9S. The number of aliphatic hydroxyl groups excluding tert-OH is 2. The molecule has 1 aromatic carbocycles. The Hall–Kier alpha value is -3.39. The third kappa shape index (κ3) is 4.92. The molecule has 1 fully saturated rings. The number of nitrogens with zero attached hydrogens (tertiary/aromatic N) is 3. The zero-order chi connectivity index (χ0) is 25.0. The SMILES string of the molecule is Cn1c(-c2ccc(S(=O)(=O)N(CCO)CCO)cc2)ccc(C(=O)ON2C(=O)CCC2=O)c1=O. The van der Waals surface area contributed by atoms with Gasteiger partial charge in [-0.15, -0.1) is 5.06 Å². The molecule has 2 N–H and O–H groups in total. The van der Waals surface area contributed by atoms with E-state index in [0.717, 1.165) is 8.87 Å². The number of benzene rings is 1. The van der Waals surface area contributed by atoms with E-state index in [1.165, 1.54) is 43.4 Å². The van der Waals surface area contributed by atoms with Crippen LogP contribution >= 0.6 is 0 Å². The molecule has 0 spiro atoms. The number of aromatic nitrogens is 1. The van der Waals surface area contributed by atoms with Gasteiger partial charge in [-0.05, 0) is 29.8 Å². The Kier molecular flexibility index (Phi) is 7.61. The van der Waals surface area contributed by atoms with Crippen molar-refractivity contribution in [1.82, 2.24) is 13.9 Å². The highest BCUT2D eigenvalue weighted by Gasteiger charge is 2.34. The fourth-order valence-electron chi connectivity index (χ4n) is 3.39. The highest BCUT2D eigenvalue weighted by Crippen LogP contribution is 2.23. The molecule has 2 heterocycles. The number of carbonyl (C=O) groups excluding carboxylic acids is 3. The number of amides is 2. The van der Waals surface area contributed by atoms with Gasteiger partial charge in [-0.2, -0.15) is 4.31 Å². The Bertz CT molecular complexity index is 1250. The molecule has 0 aliphatic carbocycles. The predicted octanol–water partition coefficient (Wildman–Crippen LogP) is -0.752. The van der Waals surface area contributed by atoms with Gasteiger partial charge in [-0.1, -0.05) is 12.1 Å². The normalized spacial score (nSPS) is 14.2. The average molecular weight is 493 g/mol. The van der Waals surface area contributed by atoms with Crippen molar-refractivity contribution in [1.29, 1.82) is 0 Å². The number of rotatable bonds is 9. The van der Waals surface area contributed by atoms with Crippen molar-refractivity contribution < 1.29 is 37.9 Å². The smallest absolute Gasteiger partial charge is 0.369 e. The van der Waals surface area contributed by atoms with Crippen LogP contribution in [0.15, 0.2) is 46.1 Å². The van der Waals surface area contributed by atoms with Gasteiger partial charge in [0.15, 0.2) is 0 Å². The second-order valence-electron chi connectivity index (χ2n) is 7.33. The number of imide groups is 1. The maximum atomic E-state index is 12.7. The molecule has 0 saturated carbocycles. The second kappa shape index (κ2) is 10.3. The molecule has 1 aromatic heterocycles. The Morgan fingerprint density at radius 2 is 1.53 bits per heavy atom. The number of pyridine rings is 1. The quantitative estimate of drug-likeness (QED) is 0.428. The van der Waals surface area contributed by atoms with Gasteiger partial charge in [0.05, 0.1) is 23.8 Å². The zero-order valence-corrected chi connectivity index (χ0v) is 19.0. The molecule has 2 amide bonds. The minimum Gasteiger partial charge on any atom is -0.395 e. The largest absolute Gasteiger partial charge is 0.395 e. The van der Waals surface area contributed by atoms with Gasteiger partial charge in [0.25, 0.3) is 17.4 Å². The fraction of sp³-hybridized carbons (Fsp3) is 0.333.